The van der Waals surface area contributed by atoms with Gasteiger partial charge in [-0.1, -0.05) is 45.0 Å². The summed E-state index contributed by atoms with van der Waals surface area (Å²) in [6.45, 7) is 9.90. The molecule has 0 saturated carbocycles. The molecule has 1 heterocycles. The average Bonchev–Trinajstić information content (AvgIpc) is 2.91. The van der Waals surface area contributed by atoms with Crippen molar-refractivity contribution >= 4 is 28.3 Å². The van der Waals surface area contributed by atoms with Crippen LogP contribution in [-0.4, -0.2) is 16.3 Å². The van der Waals surface area contributed by atoms with E-state index in [4.69, 9.17) is 0 Å². The second-order valence-electron chi connectivity index (χ2n) is 8.19. The van der Waals surface area contributed by atoms with Crippen molar-refractivity contribution in [2.75, 3.05) is 5.32 Å². The summed E-state index contributed by atoms with van der Waals surface area (Å²) in [6.07, 6.45) is 1.80. The number of hydrogen-bond donors (Lipinski definition) is 1. The van der Waals surface area contributed by atoms with Crippen molar-refractivity contribution in [2.45, 2.75) is 41.2 Å². The number of fused-ring (bicyclic) bond motifs is 1. The van der Waals surface area contributed by atoms with Crippen LogP contribution in [0.25, 0.3) is 10.9 Å². The van der Waals surface area contributed by atoms with Crippen molar-refractivity contribution < 1.29 is 9.59 Å². The van der Waals surface area contributed by atoms with Crippen molar-refractivity contribution in [2.24, 2.45) is 5.41 Å². The first kappa shape index (κ1) is 18.9. The molecule has 1 aromatic heterocycles. The highest BCUT2D eigenvalue weighted by atomic mass is 16.2. The molecule has 0 radical (unpaired) electrons. The summed E-state index contributed by atoms with van der Waals surface area (Å²) in [4.78, 5) is 25.4. The van der Waals surface area contributed by atoms with Gasteiger partial charge in [-0.25, -0.2) is 0 Å². The molecule has 0 unspecified atom stereocenters. The van der Waals surface area contributed by atoms with E-state index in [1.807, 2.05) is 75.6 Å². The van der Waals surface area contributed by atoms with Crippen LogP contribution < -0.4 is 5.32 Å². The van der Waals surface area contributed by atoms with Crippen LogP contribution >= 0.6 is 0 Å². The van der Waals surface area contributed by atoms with E-state index in [1.54, 1.807) is 6.20 Å². The third kappa shape index (κ3) is 4.11. The molecule has 4 nitrogen and oxygen atoms in total. The maximum absolute atomic E-state index is 12.8. The minimum atomic E-state index is -0.476. The van der Waals surface area contributed by atoms with Gasteiger partial charge in [-0.2, -0.15) is 0 Å². The van der Waals surface area contributed by atoms with Crippen LogP contribution in [0.1, 0.15) is 42.3 Å². The standard InChI is InChI=1S/C23H26N2O2/c1-15-10-16(2)12-17(11-15)24-21(26)14-25-13-19(22(27)23(3,4)5)18-8-6-7-9-20(18)25/h6-13H,14H2,1-5H3,(H,24,26). The quantitative estimate of drug-likeness (QED) is 0.655. The lowest BCUT2D eigenvalue weighted by atomic mass is 9.86. The van der Waals surface area contributed by atoms with Gasteiger partial charge in [0.15, 0.2) is 5.78 Å². The normalized spacial score (nSPS) is 11.6. The van der Waals surface area contributed by atoms with Gasteiger partial charge in [0.1, 0.15) is 6.54 Å². The summed E-state index contributed by atoms with van der Waals surface area (Å²) < 4.78 is 1.85. The van der Waals surface area contributed by atoms with E-state index in [9.17, 15) is 9.59 Å². The van der Waals surface area contributed by atoms with Crippen LogP contribution in [0.3, 0.4) is 0 Å². The molecule has 0 aliphatic heterocycles. The summed E-state index contributed by atoms with van der Waals surface area (Å²) in [7, 11) is 0. The van der Waals surface area contributed by atoms with Gasteiger partial charge in [0, 0.05) is 33.8 Å². The van der Waals surface area contributed by atoms with Crippen LogP contribution in [0, 0.1) is 19.3 Å². The van der Waals surface area contributed by atoms with Gasteiger partial charge in [0.05, 0.1) is 0 Å². The number of carbonyl (C=O) groups is 2. The number of nitrogens with one attached hydrogen (secondary N) is 1. The molecule has 3 aromatic rings. The van der Waals surface area contributed by atoms with Gasteiger partial charge in [-0.3, -0.25) is 9.59 Å². The zero-order valence-corrected chi connectivity index (χ0v) is 16.6. The molecule has 0 saturated heterocycles. The molecule has 0 fully saturated rings. The topological polar surface area (TPSA) is 51.1 Å². The first-order valence-electron chi connectivity index (χ1n) is 9.16. The number of carbonyl (C=O) groups excluding carboxylic acids is 2. The summed E-state index contributed by atoms with van der Waals surface area (Å²) in [5.41, 5.74) is 4.08. The highest BCUT2D eigenvalue weighted by Crippen LogP contribution is 2.28. The van der Waals surface area contributed by atoms with Crippen molar-refractivity contribution in [3.05, 3.63) is 65.4 Å². The summed E-state index contributed by atoms with van der Waals surface area (Å²) in [5.74, 6) is -0.0392. The van der Waals surface area contributed by atoms with Crippen LogP contribution in [0.4, 0.5) is 5.69 Å². The van der Waals surface area contributed by atoms with Crippen LogP contribution in [-0.2, 0) is 11.3 Å². The number of hydrogen-bond acceptors (Lipinski definition) is 2. The Hall–Kier alpha value is -2.88. The van der Waals surface area contributed by atoms with E-state index in [-0.39, 0.29) is 18.2 Å². The molecule has 140 valence electrons. The predicted octanol–water partition coefficient (Wildman–Crippen LogP) is 5.13. The molecular formula is C23H26N2O2. The van der Waals surface area contributed by atoms with Gasteiger partial charge in [0.25, 0.3) is 0 Å². The molecule has 1 amide bonds. The fraction of sp³-hybridized carbons (Fsp3) is 0.304. The predicted molar refractivity (Wildman–Crippen MR) is 110 cm³/mol. The molecule has 27 heavy (non-hydrogen) atoms. The molecule has 0 spiro atoms. The molecule has 0 atom stereocenters. The van der Waals surface area contributed by atoms with Gasteiger partial charge in [0.2, 0.25) is 5.91 Å². The van der Waals surface area contributed by atoms with E-state index in [0.29, 0.717) is 5.56 Å². The Morgan fingerprint density at radius 1 is 1.00 bits per heavy atom. The van der Waals surface area contributed by atoms with Crippen molar-refractivity contribution in [3.63, 3.8) is 0 Å². The highest BCUT2D eigenvalue weighted by molar-refractivity contribution is 6.10. The number of aromatic nitrogens is 1. The monoisotopic (exact) mass is 362 g/mol. The number of ketones is 1. The Kier molecular flexibility index (Phi) is 4.92. The van der Waals surface area contributed by atoms with Crippen LogP contribution in [0.5, 0.6) is 0 Å². The minimum absolute atomic E-state index is 0.0761. The lowest BCUT2D eigenvalue weighted by Crippen LogP contribution is -2.20. The highest BCUT2D eigenvalue weighted by Gasteiger charge is 2.26. The molecule has 2 aromatic carbocycles. The van der Waals surface area contributed by atoms with Gasteiger partial charge >= 0.3 is 0 Å². The molecular weight excluding hydrogens is 336 g/mol. The van der Waals surface area contributed by atoms with E-state index in [1.165, 1.54) is 0 Å². The molecule has 3 rings (SSSR count). The maximum Gasteiger partial charge on any atom is 0.244 e. The summed E-state index contributed by atoms with van der Waals surface area (Å²) in [5, 5.41) is 3.85. The molecule has 4 heteroatoms. The zero-order valence-electron chi connectivity index (χ0n) is 16.6. The van der Waals surface area contributed by atoms with Crippen molar-refractivity contribution in [1.82, 2.24) is 4.57 Å². The van der Waals surface area contributed by atoms with Crippen molar-refractivity contribution in [3.8, 4) is 0 Å². The number of aryl methyl sites for hydroxylation is 2. The first-order chi connectivity index (χ1) is 12.6. The second kappa shape index (κ2) is 7.03. The maximum atomic E-state index is 12.8. The van der Waals surface area contributed by atoms with E-state index < -0.39 is 5.41 Å². The fourth-order valence-corrected chi connectivity index (χ4v) is 3.36. The number of nitrogens with zero attached hydrogens (tertiary/aromatic N) is 1. The average molecular weight is 362 g/mol. The Bertz CT molecular complexity index is 1000. The molecule has 0 bridgehead atoms. The minimum Gasteiger partial charge on any atom is -0.337 e. The number of anilines is 1. The van der Waals surface area contributed by atoms with Crippen LogP contribution in [0.2, 0.25) is 0 Å². The molecule has 0 aliphatic rings. The Labute approximate surface area is 160 Å². The van der Waals surface area contributed by atoms with Gasteiger partial charge in [-0.05, 0) is 43.2 Å². The SMILES string of the molecule is Cc1cc(C)cc(NC(=O)Cn2cc(C(=O)C(C)(C)C)c3ccccc32)c1. The third-order valence-electron chi connectivity index (χ3n) is 4.53. The van der Waals surface area contributed by atoms with E-state index in [2.05, 4.69) is 11.4 Å². The lowest BCUT2D eigenvalue weighted by molar-refractivity contribution is -0.116. The zero-order chi connectivity index (χ0) is 19.8. The Morgan fingerprint density at radius 3 is 2.26 bits per heavy atom. The van der Waals surface area contributed by atoms with E-state index in [0.717, 1.165) is 27.7 Å². The number of para-hydroxylation sites is 1. The lowest BCUT2D eigenvalue weighted by Gasteiger charge is -2.15. The number of amides is 1. The van der Waals surface area contributed by atoms with E-state index >= 15 is 0 Å². The smallest absolute Gasteiger partial charge is 0.244 e. The number of rotatable bonds is 4. The van der Waals surface area contributed by atoms with Gasteiger partial charge < -0.3 is 9.88 Å². The summed E-state index contributed by atoms with van der Waals surface area (Å²) >= 11 is 0. The fourth-order valence-electron chi connectivity index (χ4n) is 3.36. The summed E-state index contributed by atoms with van der Waals surface area (Å²) in [6, 6.07) is 13.7. The second-order valence-corrected chi connectivity index (χ2v) is 8.19. The molecule has 0 aliphatic carbocycles. The first-order valence-corrected chi connectivity index (χ1v) is 9.16. The number of Topliss-reactive ketones (excluding diaryl/α,β-unsaturated/α-hetero) is 1. The largest absolute Gasteiger partial charge is 0.337 e. The third-order valence-corrected chi connectivity index (χ3v) is 4.53. The Balaban J connectivity index is 1.91. The number of benzene rings is 2. The van der Waals surface area contributed by atoms with Crippen molar-refractivity contribution in [1.29, 1.82) is 0 Å². The van der Waals surface area contributed by atoms with Gasteiger partial charge in [-0.15, -0.1) is 0 Å². The van der Waals surface area contributed by atoms with Crippen LogP contribution in [0.15, 0.2) is 48.7 Å². The molecule has 1 N–H and O–H groups in total. The Morgan fingerprint density at radius 2 is 1.63 bits per heavy atom.